The smallest absolute Gasteiger partial charge is 0.313 e. The molecule has 0 unspecified atom stereocenters. The minimum absolute atomic E-state index is 0.0415. The molecule has 0 spiro atoms. The molecule has 0 aromatic rings. The Kier molecular flexibility index (Phi) is 4.47. The summed E-state index contributed by atoms with van der Waals surface area (Å²) in [5.41, 5.74) is -0.643. The highest BCUT2D eigenvalue weighted by Gasteiger charge is 2.41. The minimum atomic E-state index is -0.643. The molecule has 0 N–H and O–H groups in total. The molecule has 1 heterocycles. The van der Waals surface area contributed by atoms with Crippen LogP contribution in [0.5, 0.6) is 0 Å². The van der Waals surface area contributed by atoms with Crippen molar-refractivity contribution in [2.45, 2.75) is 51.7 Å². The Labute approximate surface area is 96.3 Å². The molecular weight excluding hydrogens is 208 g/mol. The zero-order chi connectivity index (χ0) is 12.2. The van der Waals surface area contributed by atoms with Gasteiger partial charge in [0.25, 0.3) is 0 Å². The summed E-state index contributed by atoms with van der Waals surface area (Å²) in [4.78, 5) is 22.1. The van der Waals surface area contributed by atoms with E-state index in [-0.39, 0.29) is 18.2 Å². The number of carbonyl (C=O) groups excluding carboxylic acids is 2. The molecule has 0 aliphatic carbocycles. The number of hydrogen-bond donors (Lipinski definition) is 0. The van der Waals surface area contributed by atoms with E-state index in [2.05, 4.69) is 0 Å². The van der Waals surface area contributed by atoms with Crippen molar-refractivity contribution < 1.29 is 19.1 Å². The largest absolute Gasteiger partial charge is 0.469 e. The van der Waals surface area contributed by atoms with Crippen LogP contribution in [0, 0.1) is 5.41 Å². The lowest BCUT2D eigenvalue weighted by Gasteiger charge is -2.37. The summed E-state index contributed by atoms with van der Waals surface area (Å²) in [6.07, 6.45) is 3.82. The lowest BCUT2D eigenvalue weighted by atomic mass is 9.82. The Balaban J connectivity index is 2.65. The first-order valence-corrected chi connectivity index (χ1v) is 5.70. The second-order valence-corrected chi connectivity index (χ2v) is 4.79. The molecule has 0 amide bonds. The predicted molar refractivity (Wildman–Crippen MR) is 59.0 cm³/mol. The molecule has 0 aromatic heterocycles. The molecule has 4 nitrogen and oxygen atoms in total. The fourth-order valence-corrected chi connectivity index (χ4v) is 2.11. The van der Waals surface area contributed by atoms with Crippen LogP contribution in [0.4, 0.5) is 0 Å². The average Bonchev–Trinajstić information content (AvgIpc) is 2.28. The van der Waals surface area contributed by atoms with Gasteiger partial charge in [0.1, 0.15) is 6.29 Å². The van der Waals surface area contributed by atoms with Gasteiger partial charge < -0.3 is 14.3 Å². The van der Waals surface area contributed by atoms with E-state index in [0.717, 1.165) is 25.5 Å². The van der Waals surface area contributed by atoms with Crippen LogP contribution < -0.4 is 0 Å². The Morgan fingerprint density at radius 2 is 2.19 bits per heavy atom. The van der Waals surface area contributed by atoms with E-state index < -0.39 is 5.41 Å². The van der Waals surface area contributed by atoms with Crippen molar-refractivity contribution in [2.24, 2.45) is 5.41 Å². The van der Waals surface area contributed by atoms with E-state index >= 15 is 0 Å². The third kappa shape index (κ3) is 2.82. The van der Waals surface area contributed by atoms with E-state index in [9.17, 15) is 9.59 Å². The van der Waals surface area contributed by atoms with Crippen molar-refractivity contribution in [2.75, 3.05) is 7.11 Å². The molecule has 0 saturated carbocycles. The summed E-state index contributed by atoms with van der Waals surface area (Å²) in [5, 5.41) is 0. The maximum atomic E-state index is 11.6. The Hall–Kier alpha value is -0.900. The highest BCUT2D eigenvalue weighted by molar-refractivity contribution is 5.76. The van der Waals surface area contributed by atoms with Crippen LogP contribution in [-0.4, -0.2) is 31.6 Å². The predicted octanol–water partition coefficient (Wildman–Crippen LogP) is 1.71. The summed E-state index contributed by atoms with van der Waals surface area (Å²) < 4.78 is 10.6. The van der Waals surface area contributed by atoms with Gasteiger partial charge in [0, 0.05) is 6.42 Å². The monoisotopic (exact) mass is 228 g/mol. The Bertz CT molecular complexity index is 260. The lowest BCUT2D eigenvalue weighted by molar-refractivity contribution is -0.169. The van der Waals surface area contributed by atoms with Crippen LogP contribution in [0.1, 0.15) is 39.5 Å². The molecule has 1 aliphatic rings. The molecule has 4 heteroatoms. The first-order valence-electron chi connectivity index (χ1n) is 5.70. The molecule has 1 saturated heterocycles. The maximum absolute atomic E-state index is 11.6. The van der Waals surface area contributed by atoms with Crippen molar-refractivity contribution in [3.8, 4) is 0 Å². The summed E-state index contributed by atoms with van der Waals surface area (Å²) >= 11 is 0. The van der Waals surface area contributed by atoms with Crippen molar-refractivity contribution in [3.05, 3.63) is 0 Å². The molecule has 16 heavy (non-hydrogen) atoms. The summed E-state index contributed by atoms with van der Waals surface area (Å²) in [6, 6.07) is 0. The maximum Gasteiger partial charge on any atom is 0.313 e. The molecule has 0 aromatic carbocycles. The number of carbonyl (C=O) groups is 2. The molecule has 1 aliphatic heterocycles. The third-order valence-corrected chi connectivity index (χ3v) is 3.22. The summed E-state index contributed by atoms with van der Waals surface area (Å²) in [5.74, 6) is -0.260. The van der Waals surface area contributed by atoms with Crippen LogP contribution >= 0.6 is 0 Å². The van der Waals surface area contributed by atoms with Crippen LogP contribution in [0.25, 0.3) is 0 Å². The van der Waals surface area contributed by atoms with Gasteiger partial charge in [0.2, 0.25) is 0 Å². The Morgan fingerprint density at radius 3 is 2.75 bits per heavy atom. The number of aldehydes is 1. The van der Waals surface area contributed by atoms with Crippen molar-refractivity contribution in [1.82, 2.24) is 0 Å². The Morgan fingerprint density at radius 1 is 1.50 bits per heavy atom. The van der Waals surface area contributed by atoms with Gasteiger partial charge in [-0.3, -0.25) is 4.79 Å². The number of hydrogen-bond acceptors (Lipinski definition) is 4. The fourth-order valence-electron chi connectivity index (χ4n) is 2.11. The van der Waals surface area contributed by atoms with E-state index in [0.29, 0.717) is 6.42 Å². The van der Waals surface area contributed by atoms with Gasteiger partial charge in [0.05, 0.1) is 24.7 Å². The molecule has 92 valence electrons. The highest BCUT2D eigenvalue weighted by Crippen LogP contribution is 2.34. The van der Waals surface area contributed by atoms with E-state index in [1.807, 2.05) is 13.8 Å². The zero-order valence-corrected chi connectivity index (χ0v) is 10.2. The van der Waals surface area contributed by atoms with E-state index in [1.54, 1.807) is 0 Å². The normalized spacial score (nSPS) is 26.2. The number of esters is 1. The quantitative estimate of drug-likeness (QED) is 0.543. The second-order valence-electron chi connectivity index (χ2n) is 4.79. The van der Waals surface area contributed by atoms with Gasteiger partial charge in [0.15, 0.2) is 0 Å². The SMILES string of the molecule is COC(=O)C(C)(C)[C@H]1CCC[C@@H](CC=O)O1. The fraction of sp³-hybridized carbons (Fsp3) is 0.833. The van der Waals surface area contributed by atoms with Crippen molar-refractivity contribution >= 4 is 12.3 Å². The third-order valence-electron chi connectivity index (χ3n) is 3.22. The lowest BCUT2D eigenvalue weighted by Crippen LogP contribution is -2.44. The van der Waals surface area contributed by atoms with Gasteiger partial charge in [-0.15, -0.1) is 0 Å². The first-order chi connectivity index (χ1) is 7.52. The number of ether oxygens (including phenoxy) is 2. The second kappa shape index (κ2) is 5.43. The van der Waals surface area contributed by atoms with Gasteiger partial charge in [-0.05, 0) is 33.1 Å². The van der Waals surface area contributed by atoms with Crippen molar-refractivity contribution in [1.29, 1.82) is 0 Å². The molecular formula is C12H20O4. The van der Waals surface area contributed by atoms with Crippen molar-refractivity contribution in [3.63, 3.8) is 0 Å². The number of methoxy groups -OCH3 is 1. The molecule has 0 bridgehead atoms. The van der Waals surface area contributed by atoms with Crippen LogP contribution in [-0.2, 0) is 19.1 Å². The summed E-state index contributed by atoms with van der Waals surface area (Å²) in [7, 11) is 1.38. The van der Waals surface area contributed by atoms with Gasteiger partial charge in [-0.1, -0.05) is 0 Å². The molecule has 1 fully saturated rings. The van der Waals surface area contributed by atoms with Gasteiger partial charge in [-0.2, -0.15) is 0 Å². The minimum Gasteiger partial charge on any atom is -0.469 e. The topological polar surface area (TPSA) is 52.6 Å². The van der Waals surface area contributed by atoms with Crippen LogP contribution in [0.2, 0.25) is 0 Å². The van der Waals surface area contributed by atoms with Crippen LogP contribution in [0.3, 0.4) is 0 Å². The van der Waals surface area contributed by atoms with E-state index in [4.69, 9.17) is 9.47 Å². The van der Waals surface area contributed by atoms with Gasteiger partial charge in [-0.25, -0.2) is 0 Å². The van der Waals surface area contributed by atoms with Gasteiger partial charge >= 0.3 is 5.97 Å². The zero-order valence-electron chi connectivity index (χ0n) is 10.2. The average molecular weight is 228 g/mol. The van der Waals surface area contributed by atoms with Crippen LogP contribution in [0.15, 0.2) is 0 Å². The highest BCUT2D eigenvalue weighted by atomic mass is 16.5. The van der Waals surface area contributed by atoms with E-state index in [1.165, 1.54) is 7.11 Å². The molecule has 1 rings (SSSR count). The molecule has 0 radical (unpaired) electrons. The molecule has 2 atom stereocenters. The standard InChI is InChI=1S/C12H20O4/c1-12(2,11(14)15-3)10-6-4-5-9(16-10)7-8-13/h8-10H,4-7H2,1-3H3/t9-,10+/m0/s1. The first kappa shape index (κ1) is 13.2. The number of rotatable bonds is 4. The summed E-state index contributed by atoms with van der Waals surface area (Å²) in [6.45, 7) is 3.65.